The molecule has 0 radical (unpaired) electrons. The van der Waals surface area contributed by atoms with Crippen molar-refractivity contribution >= 4 is 29.0 Å². The molecule has 0 unspecified atom stereocenters. The summed E-state index contributed by atoms with van der Waals surface area (Å²) in [5.74, 6) is -0.0798. The minimum atomic E-state index is -0.486. The number of pyridine rings is 1. The maximum atomic E-state index is 13.7. The summed E-state index contributed by atoms with van der Waals surface area (Å²) in [6.45, 7) is 0.540. The molecule has 0 atom stereocenters. The fourth-order valence-electron chi connectivity index (χ4n) is 2.69. The minimum Gasteiger partial charge on any atom is -0.507 e. The van der Waals surface area contributed by atoms with Crippen molar-refractivity contribution in [2.45, 2.75) is 6.42 Å². The molecule has 27 heavy (non-hydrogen) atoms. The molecule has 3 aromatic rings. The number of aromatic nitrogens is 1. The largest absolute Gasteiger partial charge is 0.507 e. The Balaban J connectivity index is 2.16. The van der Waals surface area contributed by atoms with Gasteiger partial charge < -0.3 is 15.5 Å². The number of aliphatic hydroxyl groups excluding tert-OH is 1. The molecule has 4 nitrogen and oxygen atoms in total. The quantitative estimate of drug-likeness (QED) is 0.482. The maximum Gasteiger partial charge on any atom is 0.127 e. The van der Waals surface area contributed by atoms with Crippen LogP contribution in [0.4, 0.5) is 10.2 Å². The normalized spacial score (nSPS) is 10.8. The molecule has 3 N–H and O–H groups in total. The zero-order valence-electron chi connectivity index (χ0n) is 14.2. The first-order valence-corrected chi connectivity index (χ1v) is 9.05. The number of anilines is 1. The molecule has 3 rings (SSSR count). The third-order valence-corrected chi connectivity index (χ3v) is 4.58. The molecule has 0 bridgehead atoms. The van der Waals surface area contributed by atoms with Gasteiger partial charge in [0.15, 0.2) is 0 Å². The second kappa shape index (κ2) is 8.57. The number of aliphatic hydroxyl groups is 1. The number of phenols is 1. The molecule has 140 valence electrons. The Kier molecular flexibility index (Phi) is 6.16. The van der Waals surface area contributed by atoms with E-state index < -0.39 is 5.82 Å². The first kappa shape index (κ1) is 19.4. The summed E-state index contributed by atoms with van der Waals surface area (Å²) < 4.78 is 13.7. The second-order valence-electron chi connectivity index (χ2n) is 5.89. The highest BCUT2D eigenvalue weighted by Gasteiger charge is 2.15. The Morgan fingerprint density at radius 1 is 1.04 bits per heavy atom. The lowest BCUT2D eigenvalue weighted by Crippen LogP contribution is -2.06. The van der Waals surface area contributed by atoms with E-state index in [0.717, 1.165) is 0 Å². The van der Waals surface area contributed by atoms with Gasteiger partial charge >= 0.3 is 0 Å². The number of phenolic OH excluding ortho intramolecular Hbond substituents is 1. The fraction of sp³-hybridized carbons (Fsp3) is 0.150. The smallest absolute Gasteiger partial charge is 0.127 e. The van der Waals surface area contributed by atoms with Crippen molar-refractivity contribution in [3.8, 4) is 28.1 Å². The van der Waals surface area contributed by atoms with Crippen molar-refractivity contribution in [3.05, 3.63) is 64.4 Å². The summed E-state index contributed by atoms with van der Waals surface area (Å²) in [4.78, 5) is 4.46. The van der Waals surface area contributed by atoms with Gasteiger partial charge in [-0.25, -0.2) is 9.37 Å². The highest BCUT2D eigenvalue weighted by atomic mass is 35.5. The standard InChI is InChI=1S/C20H17Cl2FN2O2/c21-15-3-1-4-16(22)20(15)12-9-17(14-11-13(23)5-6-18(14)27)25-19(10-12)24-7-2-8-26/h1,3-6,9-11,26-27H,2,7-8H2,(H,24,25). The van der Waals surface area contributed by atoms with Crippen LogP contribution in [0.25, 0.3) is 22.4 Å². The van der Waals surface area contributed by atoms with E-state index in [1.54, 1.807) is 30.3 Å². The van der Waals surface area contributed by atoms with Crippen LogP contribution in [0.1, 0.15) is 6.42 Å². The van der Waals surface area contributed by atoms with Crippen LogP contribution in [0.3, 0.4) is 0 Å². The van der Waals surface area contributed by atoms with Crippen LogP contribution in [0.5, 0.6) is 5.75 Å². The Bertz CT molecular complexity index is 946. The molecule has 0 aliphatic heterocycles. The number of hydrogen-bond acceptors (Lipinski definition) is 4. The topological polar surface area (TPSA) is 65.4 Å². The fourth-order valence-corrected chi connectivity index (χ4v) is 3.30. The van der Waals surface area contributed by atoms with E-state index in [2.05, 4.69) is 10.3 Å². The molecular weight excluding hydrogens is 390 g/mol. The zero-order chi connectivity index (χ0) is 19.4. The van der Waals surface area contributed by atoms with Crippen LogP contribution >= 0.6 is 23.2 Å². The Labute approximate surface area is 166 Å². The summed E-state index contributed by atoms with van der Waals surface area (Å²) in [5.41, 5.74) is 1.91. The predicted octanol–water partition coefficient (Wildman–Crippen LogP) is 5.36. The van der Waals surface area contributed by atoms with E-state index in [1.807, 2.05) is 0 Å². The van der Waals surface area contributed by atoms with E-state index in [0.29, 0.717) is 45.6 Å². The summed E-state index contributed by atoms with van der Waals surface area (Å²) in [7, 11) is 0. The number of nitrogens with zero attached hydrogens (tertiary/aromatic N) is 1. The van der Waals surface area contributed by atoms with Gasteiger partial charge in [-0.15, -0.1) is 0 Å². The van der Waals surface area contributed by atoms with E-state index in [1.165, 1.54) is 18.2 Å². The van der Waals surface area contributed by atoms with Gasteiger partial charge in [0.2, 0.25) is 0 Å². The number of rotatable bonds is 6. The third kappa shape index (κ3) is 4.50. The highest BCUT2D eigenvalue weighted by Crippen LogP contribution is 2.38. The van der Waals surface area contributed by atoms with Gasteiger partial charge in [-0.05, 0) is 54.4 Å². The van der Waals surface area contributed by atoms with Crippen LogP contribution in [0.2, 0.25) is 10.0 Å². The van der Waals surface area contributed by atoms with Crippen LogP contribution in [-0.2, 0) is 0 Å². The van der Waals surface area contributed by atoms with E-state index in [-0.39, 0.29) is 17.9 Å². The summed E-state index contributed by atoms with van der Waals surface area (Å²) in [6.07, 6.45) is 0.541. The number of aromatic hydroxyl groups is 1. The first-order valence-electron chi connectivity index (χ1n) is 8.29. The zero-order valence-corrected chi connectivity index (χ0v) is 15.7. The number of benzene rings is 2. The molecule has 0 aliphatic carbocycles. The van der Waals surface area contributed by atoms with Gasteiger partial charge in [-0.2, -0.15) is 0 Å². The predicted molar refractivity (Wildman–Crippen MR) is 107 cm³/mol. The molecule has 2 aromatic carbocycles. The minimum absolute atomic E-state index is 0.0422. The lowest BCUT2D eigenvalue weighted by Gasteiger charge is -2.14. The van der Waals surface area contributed by atoms with E-state index in [4.69, 9.17) is 28.3 Å². The number of nitrogens with one attached hydrogen (secondary N) is 1. The molecular formula is C20H17Cl2FN2O2. The summed E-state index contributed by atoms with van der Waals surface area (Å²) >= 11 is 12.7. The molecule has 0 amide bonds. The lowest BCUT2D eigenvalue weighted by atomic mass is 10.0. The molecule has 0 aliphatic rings. The molecule has 0 saturated carbocycles. The van der Waals surface area contributed by atoms with E-state index in [9.17, 15) is 9.50 Å². The van der Waals surface area contributed by atoms with Crippen molar-refractivity contribution in [1.82, 2.24) is 4.98 Å². The van der Waals surface area contributed by atoms with Gasteiger partial charge in [0, 0.05) is 34.3 Å². The first-order chi connectivity index (χ1) is 13.0. The Morgan fingerprint density at radius 3 is 2.48 bits per heavy atom. The second-order valence-corrected chi connectivity index (χ2v) is 6.70. The van der Waals surface area contributed by atoms with Crippen LogP contribution in [0.15, 0.2) is 48.5 Å². The van der Waals surface area contributed by atoms with Gasteiger partial charge in [-0.3, -0.25) is 0 Å². The SMILES string of the molecule is OCCCNc1cc(-c2c(Cl)cccc2Cl)cc(-c2cc(F)ccc2O)n1. The van der Waals surface area contributed by atoms with Crippen molar-refractivity contribution in [1.29, 1.82) is 0 Å². The monoisotopic (exact) mass is 406 g/mol. The highest BCUT2D eigenvalue weighted by molar-refractivity contribution is 6.39. The lowest BCUT2D eigenvalue weighted by molar-refractivity contribution is 0.292. The van der Waals surface area contributed by atoms with E-state index >= 15 is 0 Å². The average molecular weight is 407 g/mol. The molecule has 1 aromatic heterocycles. The number of halogens is 3. The molecule has 0 saturated heterocycles. The van der Waals surface area contributed by atoms with Gasteiger partial charge in [0.05, 0.1) is 5.69 Å². The van der Waals surface area contributed by atoms with Crippen LogP contribution in [-0.4, -0.2) is 28.3 Å². The van der Waals surface area contributed by atoms with Crippen LogP contribution in [0, 0.1) is 5.82 Å². The Morgan fingerprint density at radius 2 is 1.78 bits per heavy atom. The van der Waals surface area contributed by atoms with Crippen molar-refractivity contribution in [2.75, 3.05) is 18.5 Å². The maximum absolute atomic E-state index is 13.7. The summed E-state index contributed by atoms with van der Waals surface area (Å²) in [5, 5.41) is 23.2. The summed E-state index contributed by atoms with van der Waals surface area (Å²) in [6, 6.07) is 12.3. The van der Waals surface area contributed by atoms with Crippen molar-refractivity contribution in [2.24, 2.45) is 0 Å². The molecule has 7 heteroatoms. The van der Waals surface area contributed by atoms with Crippen LogP contribution < -0.4 is 5.32 Å². The Hall–Kier alpha value is -2.34. The van der Waals surface area contributed by atoms with Gasteiger partial charge in [0.1, 0.15) is 17.4 Å². The van der Waals surface area contributed by atoms with Crippen molar-refractivity contribution < 1.29 is 14.6 Å². The van der Waals surface area contributed by atoms with Crippen molar-refractivity contribution in [3.63, 3.8) is 0 Å². The molecule has 0 fully saturated rings. The van der Waals surface area contributed by atoms with Gasteiger partial charge in [0.25, 0.3) is 0 Å². The molecule has 0 spiro atoms. The third-order valence-electron chi connectivity index (χ3n) is 3.95. The number of hydrogen-bond donors (Lipinski definition) is 3. The molecule has 1 heterocycles. The average Bonchev–Trinajstić information content (AvgIpc) is 2.64. The van der Waals surface area contributed by atoms with Gasteiger partial charge in [-0.1, -0.05) is 29.3 Å².